The first-order valence-corrected chi connectivity index (χ1v) is 4.61. The number of ether oxygens (including phenoxy) is 2. The van der Waals surface area contributed by atoms with E-state index in [4.69, 9.17) is 15.9 Å². The van der Waals surface area contributed by atoms with Crippen molar-refractivity contribution < 1.29 is 34.4 Å². The van der Waals surface area contributed by atoms with Crippen molar-refractivity contribution >= 4 is 11.9 Å². The first-order valence-electron chi connectivity index (χ1n) is 4.61. The van der Waals surface area contributed by atoms with Gasteiger partial charge in [-0.2, -0.15) is 0 Å². The van der Waals surface area contributed by atoms with E-state index in [1.165, 1.54) is 0 Å². The fraction of sp³-hybridized carbons (Fsp3) is 0.750. The summed E-state index contributed by atoms with van der Waals surface area (Å²) in [7, 11) is 0. The SMILES string of the molecule is CC[C@H](N)C1(O)OC(=O)C(O)C(O)C(=O)O1. The first kappa shape index (κ1) is 12.8. The molecule has 0 aliphatic carbocycles. The lowest BCUT2D eigenvalue weighted by Gasteiger charge is -2.29. The van der Waals surface area contributed by atoms with E-state index in [1.807, 2.05) is 0 Å². The molecule has 3 atom stereocenters. The number of esters is 2. The van der Waals surface area contributed by atoms with Gasteiger partial charge in [0.25, 0.3) is 0 Å². The van der Waals surface area contributed by atoms with Gasteiger partial charge in [-0.3, -0.25) is 0 Å². The van der Waals surface area contributed by atoms with Crippen LogP contribution in [0.4, 0.5) is 0 Å². The molecular formula is C8H13NO7. The number of carbonyl (C=O) groups is 2. The summed E-state index contributed by atoms with van der Waals surface area (Å²) in [5, 5.41) is 27.9. The van der Waals surface area contributed by atoms with Crippen LogP contribution in [0.15, 0.2) is 0 Å². The Bertz CT molecular complexity index is 283. The molecule has 0 amide bonds. The van der Waals surface area contributed by atoms with E-state index in [9.17, 15) is 14.7 Å². The molecule has 0 aromatic rings. The third-order valence-corrected chi connectivity index (χ3v) is 2.18. The minimum absolute atomic E-state index is 0.142. The van der Waals surface area contributed by atoms with Crippen LogP contribution >= 0.6 is 0 Å². The number of cyclic esters (lactones) is 2. The molecule has 0 aromatic heterocycles. The number of hydrogen-bond acceptors (Lipinski definition) is 8. The average Bonchev–Trinajstić information content (AvgIpc) is 2.30. The van der Waals surface area contributed by atoms with Gasteiger partial charge in [0.2, 0.25) is 0 Å². The lowest BCUT2D eigenvalue weighted by atomic mass is 10.2. The Balaban J connectivity index is 2.99. The van der Waals surface area contributed by atoms with Crippen LogP contribution < -0.4 is 5.73 Å². The minimum atomic E-state index is -2.67. The predicted octanol–water partition coefficient (Wildman–Crippen LogP) is -2.81. The smallest absolute Gasteiger partial charge is 0.389 e. The van der Waals surface area contributed by atoms with Gasteiger partial charge < -0.3 is 30.5 Å². The Kier molecular flexibility index (Phi) is 3.48. The Morgan fingerprint density at radius 2 is 1.69 bits per heavy atom. The quantitative estimate of drug-likeness (QED) is 0.376. The molecule has 0 saturated carbocycles. The van der Waals surface area contributed by atoms with Crippen molar-refractivity contribution in [2.45, 2.75) is 37.6 Å². The summed E-state index contributed by atoms with van der Waals surface area (Å²) in [6, 6.07) is -1.18. The molecule has 0 aromatic carbocycles. The molecule has 1 rings (SSSR count). The van der Waals surface area contributed by atoms with Gasteiger partial charge >= 0.3 is 17.9 Å². The second-order valence-corrected chi connectivity index (χ2v) is 3.38. The molecule has 0 radical (unpaired) electrons. The van der Waals surface area contributed by atoms with Crippen molar-refractivity contribution in [3.8, 4) is 0 Å². The van der Waals surface area contributed by atoms with Crippen LogP contribution in [0.3, 0.4) is 0 Å². The van der Waals surface area contributed by atoms with Crippen LogP contribution in [0.1, 0.15) is 13.3 Å². The van der Waals surface area contributed by atoms with Crippen molar-refractivity contribution in [1.82, 2.24) is 0 Å². The Hall–Kier alpha value is -1.22. The van der Waals surface area contributed by atoms with Gasteiger partial charge in [-0.25, -0.2) is 9.59 Å². The number of nitrogens with two attached hydrogens (primary N) is 1. The number of aliphatic hydroxyl groups excluding tert-OH is 2. The van der Waals surface area contributed by atoms with Gasteiger partial charge in [-0.15, -0.1) is 0 Å². The summed E-state index contributed by atoms with van der Waals surface area (Å²) in [4.78, 5) is 22.3. The highest BCUT2D eigenvalue weighted by Gasteiger charge is 2.50. The molecule has 2 unspecified atom stereocenters. The van der Waals surface area contributed by atoms with E-state index in [1.54, 1.807) is 6.92 Å². The second-order valence-electron chi connectivity index (χ2n) is 3.38. The number of carbonyl (C=O) groups excluding carboxylic acids is 2. The van der Waals surface area contributed by atoms with Gasteiger partial charge in [0, 0.05) is 0 Å². The number of rotatable bonds is 2. The van der Waals surface area contributed by atoms with Gasteiger partial charge in [0.1, 0.15) is 6.04 Å². The number of aliphatic hydroxyl groups is 3. The van der Waals surface area contributed by atoms with Crippen LogP contribution in [0.2, 0.25) is 0 Å². The highest BCUT2D eigenvalue weighted by atomic mass is 16.8. The van der Waals surface area contributed by atoms with Gasteiger partial charge in [0.15, 0.2) is 12.2 Å². The summed E-state index contributed by atoms with van der Waals surface area (Å²) >= 11 is 0. The third kappa shape index (κ3) is 2.14. The van der Waals surface area contributed by atoms with E-state index >= 15 is 0 Å². The lowest BCUT2D eigenvalue weighted by Crippen LogP contribution is -2.53. The topological polar surface area (TPSA) is 139 Å². The van der Waals surface area contributed by atoms with Crippen LogP contribution in [-0.2, 0) is 19.1 Å². The zero-order chi connectivity index (χ0) is 12.5. The van der Waals surface area contributed by atoms with Crippen molar-refractivity contribution in [2.75, 3.05) is 0 Å². The maximum absolute atomic E-state index is 11.1. The fourth-order valence-electron chi connectivity index (χ4n) is 1.10. The number of hydrogen-bond donors (Lipinski definition) is 4. The van der Waals surface area contributed by atoms with Crippen molar-refractivity contribution in [1.29, 1.82) is 0 Å². The minimum Gasteiger partial charge on any atom is -0.395 e. The van der Waals surface area contributed by atoms with Crippen molar-refractivity contribution in [3.05, 3.63) is 0 Å². The normalized spacial score (nSPS) is 37.3. The zero-order valence-electron chi connectivity index (χ0n) is 8.49. The molecule has 1 heterocycles. The molecule has 0 spiro atoms. The predicted molar refractivity (Wildman–Crippen MR) is 47.4 cm³/mol. The third-order valence-electron chi connectivity index (χ3n) is 2.18. The van der Waals surface area contributed by atoms with Crippen LogP contribution in [0.5, 0.6) is 0 Å². The lowest BCUT2D eigenvalue weighted by molar-refractivity contribution is -0.332. The second kappa shape index (κ2) is 4.34. The highest BCUT2D eigenvalue weighted by Crippen LogP contribution is 2.22. The maximum atomic E-state index is 11.1. The highest BCUT2D eigenvalue weighted by molar-refractivity contribution is 5.87. The monoisotopic (exact) mass is 235 g/mol. The summed E-state index contributed by atoms with van der Waals surface area (Å²) in [6.07, 6.45) is -4.07. The summed E-state index contributed by atoms with van der Waals surface area (Å²) in [5.74, 6) is -5.43. The van der Waals surface area contributed by atoms with E-state index in [2.05, 4.69) is 9.47 Å². The average molecular weight is 235 g/mol. The zero-order valence-corrected chi connectivity index (χ0v) is 8.49. The molecule has 1 aliphatic heterocycles. The molecule has 16 heavy (non-hydrogen) atoms. The largest absolute Gasteiger partial charge is 0.395 e. The van der Waals surface area contributed by atoms with Crippen LogP contribution in [0, 0.1) is 0 Å². The van der Waals surface area contributed by atoms with E-state index in [-0.39, 0.29) is 6.42 Å². The van der Waals surface area contributed by atoms with Crippen LogP contribution in [-0.4, -0.2) is 51.5 Å². The molecule has 5 N–H and O–H groups in total. The Labute approximate surface area is 90.6 Å². The fourth-order valence-corrected chi connectivity index (χ4v) is 1.10. The molecule has 1 fully saturated rings. The summed E-state index contributed by atoms with van der Waals surface area (Å²) in [6.45, 7) is 1.56. The summed E-state index contributed by atoms with van der Waals surface area (Å²) in [5.41, 5.74) is 5.40. The van der Waals surface area contributed by atoms with E-state index in [0.29, 0.717) is 0 Å². The molecule has 1 aliphatic rings. The van der Waals surface area contributed by atoms with E-state index < -0.39 is 36.2 Å². The van der Waals surface area contributed by atoms with Crippen molar-refractivity contribution in [2.24, 2.45) is 5.73 Å². The van der Waals surface area contributed by atoms with Crippen molar-refractivity contribution in [3.63, 3.8) is 0 Å². The summed E-state index contributed by atoms with van der Waals surface area (Å²) < 4.78 is 8.69. The van der Waals surface area contributed by atoms with Gasteiger partial charge in [-0.05, 0) is 6.42 Å². The standard InChI is InChI=1S/C8H13NO7/c1-2-3(9)8(14)15-6(12)4(10)5(11)7(13)16-8/h3-5,10-11,14H,2,9H2,1H3/t3-,4?,5?,8?/m0/s1. The van der Waals surface area contributed by atoms with Gasteiger partial charge in [-0.1, -0.05) is 6.92 Å². The first-order chi connectivity index (χ1) is 7.31. The van der Waals surface area contributed by atoms with Crippen LogP contribution in [0.25, 0.3) is 0 Å². The molecular weight excluding hydrogens is 222 g/mol. The van der Waals surface area contributed by atoms with Gasteiger partial charge in [0.05, 0.1) is 0 Å². The Morgan fingerprint density at radius 3 is 2.00 bits per heavy atom. The molecule has 8 nitrogen and oxygen atoms in total. The molecule has 8 heteroatoms. The molecule has 92 valence electrons. The molecule has 0 bridgehead atoms. The molecule has 1 saturated heterocycles. The Morgan fingerprint density at radius 1 is 1.31 bits per heavy atom. The maximum Gasteiger partial charge on any atom is 0.389 e. The van der Waals surface area contributed by atoms with E-state index in [0.717, 1.165) is 0 Å².